The fourth-order valence-electron chi connectivity index (χ4n) is 1.90. The molecule has 0 aromatic heterocycles. The van der Waals surface area contributed by atoms with Gasteiger partial charge in [-0.2, -0.15) is 0 Å². The first kappa shape index (κ1) is 23.6. The summed E-state index contributed by atoms with van der Waals surface area (Å²) in [6.07, 6.45) is 0. The fraction of sp³-hybridized carbons (Fsp3) is 0.556. The summed E-state index contributed by atoms with van der Waals surface area (Å²) in [5.74, 6) is 0.807. The molecule has 0 aliphatic carbocycles. The van der Waals surface area contributed by atoms with Crippen LogP contribution < -0.4 is 16.0 Å². The lowest BCUT2D eigenvalue weighted by molar-refractivity contribution is -0.123. The van der Waals surface area contributed by atoms with Crippen LogP contribution in [-0.2, 0) is 16.1 Å². The van der Waals surface area contributed by atoms with Crippen molar-refractivity contribution in [2.45, 2.75) is 27.4 Å². The van der Waals surface area contributed by atoms with Crippen LogP contribution in [0.4, 0.5) is 0 Å². The molecule has 0 aliphatic heterocycles. The minimum Gasteiger partial charge on any atom is -0.375 e. The van der Waals surface area contributed by atoms with E-state index in [1.165, 1.54) is 0 Å². The Labute approximate surface area is 168 Å². The first-order valence-corrected chi connectivity index (χ1v) is 8.55. The van der Waals surface area contributed by atoms with Gasteiger partial charge in [0.1, 0.15) is 0 Å². The van der Waals surface area contributed by atoms with E-state index in [1.807, 2.05) is 51.1 Å². The molecule has 0 fully saturated rings. The monoisotopic (exact) mass is 462 g/mol. The van der Waals surface area contributed by atoms with E-state index in [4.69, 9.17) is 4.74 Å². The quantitative estimate of drug-likeness (QED) is 0.216. The molecule has 7 heteroatoms. The van der Waals surface area contributed by atoms with Crippen LogP contribution in [0.2, 0.25) is 0 Å². The first-order chi connectivity index (χ1) is 11.6. The van der Waals surface area contributed by atoms with E-state index in [-0.39, 0.29) is 35.8 Å². The Balaban J connectivity index is 0.00000576. The minimum absolute atomic E-state index is 0. The summed E-state index contributed by atoms with van der Waals surface area (Å²) >= 11 is 0. The molecular formula is C18H31IN4O2. The van der Waals surface area contributed by atoms with Gasteiger partial charge in [-0.3, -0.25) is 9.79 Å². The number of nitrogens with one attached hydrogen (secondary N) is 3. The van der Waals surface area contributed by atoms with Crippen molar-refractivity contribution >= 4 is 35.8 Å². The molecule has 1 rings (SSSR count). The lowest BCUT2D eigenvalue weighted by atomic mass is 10.2. The highest BCUT2D eigenvalue weighted by Gasteiger charge is 2.05. The summed E-state index contributed by atoms with van der Waals surface area (Å²) in [5.41, 5.74) is 1.16. The van der Waals surface area contributed by atoms with Crippen molar-refractivity contribution in [2.24, 2.45) is 10.9 Å². The molecule has 1 aromatic carbocycles. The average Bonchev–Trinajstić information content (AvgIpc) is 2.58. The largest absolute Gasteiger partial charge is 0.375 e. The molecule has 25 heavy (non-hydrogen) atoms. The predicted molar refractivity (Wildman–Crippen MR) is 113 cm³/mol. The summed E-state index contributed by atoms with van der Waals surface area (Å²) in [5, 5.41) is 9.23. The van der Waals surface area contributed by atoms with Gasteiger partial charge in [-0.05, 0) is 12.5 Å². The number of amides is 1. The van der Waals surface area contributed by atoms with Crippen LogP contribution in [0.5, 0.6) is 0 Å². The van der Waals surface area contributed by atoms with Gasteiger partial charge in [-0.15, -0.1) is 24.0 Å². The van der Waals surface area contributed by atoms with Gasteiger partial charge in [-0.1, -0.05) is 44.2 Å². The fourth-order valence-corrected chi connectivity index (χ4v) is 1.90. The molecule has 1 amide bonds. The highest BCUT2D eigenvalue weighted by molar-refractivity contribution is 14.0. The first-order valence-electron chi connectivity index (χ1n) is 8.55. The number of hydrogen-bond acceptors (Lipinski definition) is 3. The maximum atomic E-state index is 11.5. The zero-order valence-electron chi connectivity index (χ0n) is 15.4. The number of carbonyl (C=O) groups is 1. The van der Waals surface area contributed by atoms with Crippen LogP contribution in [0, 0.1) is 5.92 Å². The minimum atomic E-state index is 0. The number of ether oxygens (including phenoxy) is 1. The molecule has 1 aromatic rings. The van der Waals surface area contributed by atoms with Gasteiger partial charge in [0.05, 0.1) is 19.8 Å². The van der Waals surface area contributed by atoms with Crippen molar-refractivity contribution in [1.82, 2.24) is 16.0 Å². The lowest BCUT2D eigenvalue weighted by Crippen LogP contribution is -2.42. The number of hydrogen-bond donors (Lipinski definition) is 3. The number of halogens is 1. The number of rotatable bonds is 10. The third-order valence-electron chi connectivity index (χ3n) is 3.20. The smallest absolute Gasteiger partial charge is 0.222 e. The van der Waals surface area contributed by atoms with Crippen LogP contribution in [0.1, 0.15) is 26.3 Å². The molecule has 142 valence electrons. The van der Waals surface area contributed by atoms with Gasteiger partial charge >= 0.3 is 0 Å². The second-order valence-corrected chi connectivity index (χ2v) is 5.67. The molecule has 6 nitrogen and oxygen atoms in total. The molecule has 0 unspecified atom stereocenters. The normalized spacial score (nSPS) is 11.0. The van der Waals surface area contributed by atoms with Crippen molar-refractivity contribution in [3.8, 4) is 0 Å². The van der Waals surface area contributed by atoms with Crippen LogP contribution >= 0.6 is 24.0 Å². The summed E-state index contributed by atoms with van der Waals surface area (Å²) in [7, 11) is 0. The summed E-state index contributed by atoms with van der Waals surface area (Å²) in [4.78, 5) is 15.9. The molecule has 0 heterocycles. The van der Waals surface area contributed by atoms with Gasteiger partial charge in [-0.25, -0.2) is 0 Å². The van der Waals surface area contributed by atoms with Crippen molar-refractivity contribution in [3.05, 3.63) is 35.9 Å². The number of aliphatic imine (C=N–C) groups is 1. The average molecular weight is 462 g/mol. The van der Waals surface area contributed by atoms with Gasteiger partial charge in [0.2, 0.25) is 5.91 Å². The Morgan fingerprint density at radius 1 is 1.12 bits per heavy atom. The van der Waals surface area contributed by atoms with Gasteiger partial charge in [0, 0.05) is 25.6 Å². The molecule has 3 N–H and O–H groups in total. The van der Waals surface area contributed by atoms with Gasteiger partial charge in [0.15, 0.2) is 5.96 Å². The van der Waals surface area contributed by atoms with Crippen LogP contribution in [-0.4, -0.2) is 44.7 Å². The van der Waals surface area contributed by atoms with Gasteiger partial charge in [0.25, 0.3) is 0 Å². The highest BCUT2D eigenvalue weighted by Crippen LogP contribution is 1.99. The van der Waals surface area contributed by atoms with Crippen molar-refractivity contribution < 1.29 is 9.53 Å². The SMILES string of the molecule is CCNC(=NCCOCc1ccccc1)NCCNC(=O)C(C)C.I. The number of nitrogens with zero attached hydrogens (tertiary/aromatic N) is 1. The van der Waals surface area contributed by atoms with E-state index in [0.29, 0.717) is 32.8 Å². The molecule has 0 bridgehead atoms. The second kappa shape index (κ2) is 14.9. The number of benzene rings is 1. The maximum absolute atomic E-state index is 11.5. The van der Waals surface area contributed by atoms with Crippen LogP contribution in [0.25, 0.3) is 0 Å². The van der Waals surface area contributed by atoms with Crippen LogP contribution in [0.3, 0.4) is 0 Å². The standard InChI is InChI=1S/C18H30N4O2.HI/c1-4-19-18(21-11-10-20-17(23)15(2)3)22-12-13-24-14-16-8-6-5-7-9-16;/h5-9,15H,4,10-14H2,1-3H3,(H,20,23)(H2,19,21,22);1H. The summed E-state index contributed by atoms with van der Waals surface area (Å²) in [6.45, 7) is 9.52. The molecular weight excluding hydrogens is 431 g/mol. The Morgan fingerprint density at radius 2 is 1.80 bits per heavy atom. The Hall–Kier alpha value is -1.35. The maximum Gasteiger partial charge on any atom is 0.222 e. The molecule has 0 aliphatic rings. The lowest BCUT2D eigenvalue weighted by Gasteiger charge is -2.12. The summed E-state index contributed by atoms with van der Waals surface area (Å²) in [6, 6.07) is 10.1. The van der Waals surface area contributed by atoms with E-state index in [0.717, 1.165) is 18.1 Å². The zero-order valence-corrected chi connectivity index (χ0v) is 17.7. The number of guanidine groups is 1. The Kier molecular flexibility index (Phi) is 14.1. The second-order valence-electron chi connectivity index (χ2n) is 5.67. The number of carbonyl (C=O) groups excluding carboxylic acids is 1. The third-order valence-corrected chi connectivity index (χ3v) is 3.20. The molecule has 0 spiro atoms. The third kappa shape index (κ3) is 11.8. The van der Waals surface area contributed by atoms with Crippen molar-refractivity contribution in [3.63, 3.8) is 0 Å². The van der Waals surface area contributed by atoms with E-state index in [9.17, 15) is 4.79 Å². The van der Waals surface area contributed by atoms with E-state index >= 15 is 0 Å². The van der Waals surface area contributed by atoms with Crippen molar-refractivity contribution in [2.75, 3.05) is 32.8 Å². The predicted octanol–water partition coefficient (Wildman–Crippen LogP) is 2.15. The van der Waals surface area contributed by atoms with Gasteiger partial charge < -0.3 is 20.7 Å². The van der Waals surface area contributed by atoms with Crippen molar-refractivity contribution in [1.29, 1.82) is 0 Å². The Morgan fingerprint density at radius 3 is 2.44 bits per heavy atom. The highest BCUT2D eigenvalue weighted by atomic mass is 127. The molecule has 0 saturated carbocycles. The molecule has 0 saturated heterocycles. The van der Waals surface area contributed by atoms with E-state index in [1.54, 1.807) is 0 Å². The van der Waals surface area contributed by atoms with E-state index in [2.05, 4.69) is 20.9 Å². The molecule has 0 atom stereocenters. The topological polar surface area (TPSA) is 74.8 Å². The van der Waals surface area contributed by atoms with E-state index < -0.39 is 0 Å². The zero-order chi connectivity index (χ0) is 17.6. The van der Waals surface area contributed by atoms with Crippen LogP contribution in [0.15, 0.2) is 35.3 Å². The summed E-state index contributed by atoms with van der Waals surface area (Å²) < 4.78 is 5.61. The Bertz CT molecular complexity index is 495. The molecule has 0 radical (unpaired) electrons.